The van der Waals surface area contributed by atoms with Crippen molar-refractivity contribution in [2.24, 2.45) is 0 Å². The van der Waals surface area contributed by atoms with Gasteiger partial charge in [0, 0.05) is 18.9 Å². The van der Waals surface area contributed by atoms with Gasteiger partial charge in [0.2, 0.25) is 26.6 Å². The number of rotatable bonds is 6. The van der Waals surface area contributed by atoms with Crippen LogP contribution in [0.15, 0.2) is 80.6 Å². The topological polar surface area (TPSA) is 85.1 Å². The highest BCUT2D eigenvalue weighted by molar-refractivity contribution is 7.91. The minimum atomic E-state index is -4.01. The van der Waals surface area contributed by atoms with Crippen LogP contribution in [0.4, 0.5) is 10.3 Å². The van der Waals surface area contributed by atoms with Gasteiger partial charge in [0.15, 0.2) is 0 Å². The second-order valence-corrected chi connectivity index (χ2v) is 8.62. The summed E-state index contributed by atoms with van der Waals surface area (Å²) < 4.78 is 45.1. The molecule has 0 aliphatic heterocycles. The smallest absolute Gasteiger partial charge is 0.240 e. The predicted octanol–water partition coefficient (Wildman–Crippen LogP) is 4.38. The number of halogens is 1. The maximum atomic E-state index is 13.2. The van der Waals surface area contributed by atoms with Crippen molar-refractivity contribution in [3.63, 3.8) is 0 Å². The van der Waals surface area contributed by atoms with E-state index in [1.807, 2.05) is 17.5 Å². The van der Waals surface area contributed by atoms with Gasteiger partial charge in [0.1, 0.15) is 5.82 Å². The molecule has 3 heterocycles. The van der Waals surface area contributed by atoms with Crippen LogP contribution >= 0.6 is 11.3 Å². The molecule has 0 saturated heterocycles. The number of hydrogen-bond donors (Lipinski definition) is 1. The highest BCUT2D eigenvalue weighted by Crippen LogP contribution is 2.34. The SMILES string of the molecule is O=S(=O)(c1ccc(F)cc1)c1nc(-c2cccs2)oc1NCc1cccnc1. The molecule has 0 atom stereocenters. The molecule has 6 nitrogen and oxygen atoms in total. The summed E-state index contributed by atoms with van der Waals surface area (Å²) in [6, 6.07) is 11.8. The van der Waals surface area contributed by atoms with E-state index >= 15 is 0 Å². The third-order valence-corrected chi connectivity index (χ3v) is 6.42. The van der Waals surface area contributed by atoms with Gasteiger partial charge >= 0.3 is 0 Å². The van der Waals surface area contributed by atoms with Crippen molar-refractivity contribution in [2.45, 2.75) is 16.5 Å². The summed E-state index contributed by atoms with van der Waals surface area (Å²) in [6.07, 6.45) is 3.31. The van der Waals surface area contributed by atoms with E-state index in [2.05, 4.69) is 15.3 Å². The lowest BCUT2D eigenvalue weighted by Gasteiger charge is -2.06. The number of oxazole rings is 1. The second kappa shape index (κ2) is 7.53. The van der Waals surface area contributed by atoms with E-state index in [1.54, 1.807) is 24.5 Å². The summed E-state index contributed by atoms with van der Waals surface area (Å²) in [5.74, 6) is -0.297. The summed E-state index contributed by atoms with van der Waals surface area (Å²) in [5.41, 5.74) is 0.849. The molecule has 3 aromatic heterocycles. The molecule has 142 valence electrons. The number of hydrogen-bond acceptors (Lipinski definition) is 7. The van der Waals surface area contributed by atoms with E-state index < -0.39 is 15.7 Å². The van der Waals surface area contributed by atoms with Crippen LogP contribution in [0.2, 0.25) is 0 Å². The number of anilines is 1. The number of nitrogens with one attached hydrogen (secondary N) is 1. The average molecular weight is 415 g/mol. The zero-order chi connectivity index (χ0) is 19.6. The van der Waals surface area contributed by atoms with E-state index in [1.165, 1.54) is 23.5 Å². The molecule has 0 amide bonds. The van der Waals surface area contributed by atoms with E-state index in [0.717, 1.165) is 17.7 Å². The Balaban J connectivity index is 1.74. The van der Waals surface area contributed by atoms with Crippen molar-refractivity contribution in [3.8, 4) is 10.8 Å². The molecule has 0 fully saturated rings. The molecule has 0 radical (unpaired) electrons. The molecule has 28 heavy (non-hydrogen) atoms. The number of pyridine rings is 1. The summed E-state index contributed by atoms with van der Waals surface area (Å²) in [4.78, 5) is 8.88. The molecular weight excluding hydrogens is 401 g/mol. The minimum Gasteiger partial charge on any atom is -0.418 e. The highest BCUT2D eigenvalue weighted by Gasteiger charge is 2.28. The Labute approximate surface area is 164 Å². The van der Waals surface area contributed by atoms with Crippen LogP contribution in [0.25, 0.3) is 10.8 Å². The van der Waals surface area contributed by atoms with E-state index in [4.69, 9.17) is 4.42 Å². The number of aromatic nitrogens is 2. The maximum absolute atomic E-state index is 13.2. The molecule has 0 unspecified atom stereocenters. The van der Waals surface area contributed by atoms with E-state index in [9.17, 15) is 12.8 Å². The first-order valence-electron chi connectivity index (χ1n) is 8.22. The number of benzene rings is 1. The summed E-state index contributed by atoms with van der Waals surface area (Å²) in [5, 5.41) is 4.58. The lowest BCUT2D eigenvalue weighted by Crippen LogP contribution is -2.07. The Morgan fingerprint density at radius 3 is 2.61 bits per heavy atom. The van der Waals surface area contributed by atoms with Gasteiger partial charge in [-0.2, -0.15) is 4.98 Å². The van der Waals surface area contributed by atoms with Crippen LogP contribution in [0.5, 0.6) is 0 Å². The fourth-order valence-electron chi connectivity index (χ4n) is 2.52. The van der Waals surface area contributed by atoms with Gasteiger partial charge in [-0.3, -0.25) is 4.98 Å². The summed E-state index contributed by atoms with van der Waals surface area (Å²) in [6.45, 7) is 0.304. The maximum Gasteiger partial charge on any atom is 0.240 e. The molecule has 0 aliphatic carbocycles. The van der Waals surface area contributed by atoms with Crippen LogP contribution in [0.1, 0.15) is 5.56 Å². The quantitative estimate of drug-likeness (QED) is 0.471. The first kappa shape index (κ1) is 18.3. The number of nitrogens with zero attached hydrogens (tertiary/aromatic N) is 2. The largest absolute Gasteiger partial charge is 0.418 e. The fraction of sp³-hybridized carbons (Fsp3) is 0.0526. The molecular formula is C19H14FN3O3S2. The van der Waals surface area contributed by atoms with Gasteiger partial charge in [0.05, 0.1) is 9.77 Å². The Kier molecular flexibility index (Phi) is 4.93. The Hall–Kier alpha value is -3.04. The van der Waals surface area contributed by atoms with E-state index in [-0.39, 0.29) is 21.7 Å². The van der Waals surface area contributed by atoms with Crippen molar-refractivity contribution >= 4 is 27.1 Å². The summed E-state index contributed by atoms with van der Waals surface area (Å²) in [7, 11) is -4.01. The van der Waals surface area contributed by atoms with Crippen LogP contribution in [-0.2, 0) is 16.4 Å². The molecule has 4 aromatic rings. The molecule has 1 aromatic carbocycles. The van der Waals surface area contributed by atoms with Gasteiger partial charge in [0.25, 0.3) is 0 Å². The monoisotopic (exact) mass is 415 g/mol. The zero-order valence-electron chi connectivity index (χ0n) is 14.4. The third-order valence-electron chi connectivity index (χ3n) is 3.88. The first-order chi connectivity index (χ1) is 13.5. The van der Waals surface area contributed by atoms with Crippen molar-refractivity contribution < 1.29 is 17.2 Å². The van der Waals surface area contributed by atoms with Crippen molar-refractivity contribution in [1.29, 1.82) is 0 Å². The molecule has 4 rings (SSSR count). The van der Waals surface area contributed by atoms with Gasteiger partial charge in [-0.15, -0.1) is 11.3 Å². The lowest BCUT2D eigenvalue weighted by atomic mass is 10.3. The van der Waals surface area contributed by atoms with Crippen LogP contribution < -0.4 is 5.32 Å². The molecule has 0 bridgehead atoms. The molecule has 1 N–H and O–H groups in total. The normalized spacial score (nSPS) is 11.5. The van der Waals surface area contributed by atoms with Crippen molar-refractivity contribution in [2.75, 3.05) is 5.32 Å². The third kappa shape index (κ3) is 3.67. The highest BCUT2D eigenvalue weighted by atomic mass is 32.2. The average Bonchev–Trinajstić information content (AvgIpc) is 3.37. The van der Waals surface area contributed by atoms with Crippen molar-refractivity contribution in [3.05, 3.63) is 77.7 Å². The minimum absolute atomic E-state index is 0.0246. The Bertz CT molecular complexity index is 1170. The van der Waals surface area contributed by atoms with Crippen LogP contribution in [0, 0.1) is 5.82 Å². The van der Waals surface area contributed by atoms with Gasteiger partial charge in [-0.05, 0) is 47.3 Å². The van der Waals surface area contributed by atoms with E-state index in [0.29, 0.717) is 11.4 Å². The number of thiophene rings is 1. The molecule has 9 heteroatoms. The van der Waals surface area contributed by atoms with Gasteiger partial charge in [-0.1, -0.05) is 12.1 Å². The Morgan fingerprint density at radius 2 is 1.93 bits per heavy atom. The lowest BCUT2D eigenvalue weighted by molar-refractivity contribution is 0.577. The summed E-state index contributed by atoms with van der Waals surface area (Å²) >= 11 is 1.38. The van der Waals surface area contributed by atoms with Gasteiger partial charge in [-0.25, -0.2) is 12.8 Å². The van der Waals surface area contributed by atoms with Crippen LogP contribution in [-0.4, -0.2) is 18.4 Å². The van der Waals surface area contributed by atoms with Gasteiger partial charge < -0.3 is 9.73 Å². The molecule has 0 aliphatic rings. The molecule has 0 saturated carbocycles. The first-order valence-corrected chi connectivity index (χ1v) is 10.6. The zero-order valence-corrected chi connectivity index (χ0v) is 16.0. The number of sulfone groups is 1. The standard InChI is InChI=1S/C19H14FN3O3S2/c20-14-5-7-15(8-6-14)28(24,25)19-18(22-12-13-3-1-9-21-11-13)26-17(23-19)16-4-2-10-27-16/h1-11,22H,12H2. The molecule has 0 spiro atoms. The predicted molar refractivity (Wildman–Crippen MR) is 103 cm³/mol. The fourth-order valence-corrected chi connectivity index (χ4v) is 4.44. The second-order valence-electron chi connectivity index (χ2n) is 5.80. The van der Waals surface area contributed by atoms with Crippen molar-refractivity contribution in [1.82, 2.24) is 9.97 Å². The Morgan fingerprint density at radius 1 is 1.11 bits per heavy atom. The van der Waals surface area contributed by atoms with Crippen LogP contribution in [0.3, 0.4) is 0 Å².